The third-order valence-electron chi connectivity index (χ3n) is 2.10. The van der Waals surface area contributed by atoms with Crippen molar-refractivity contribution >= 4 is 5.82 Å². The molecule has 0 aliphatic rings. The van der Waals surface area contributed by atoms with Crippen LogP contribution in [0.3, 0.4) is 0 Å². The van der Waals surface area contributed by atoms with Crippen LogP contribution in [0.5, 0.6) is 0 Å². The first-order chi connectivity index (χ1) is 7.70. The molecule has 0 aliphatic carbocycles. The molecule has 2 aromatic heterocycles. The molecule has 0 aromatic carbocycles. The molecule has 0 saturated heterocycles. The second kappa shape index (κ2) is 4.26. The lowest BCUT2D eigenvalue weighted by Gasteiger charge is -1.96. The monoisotopic (exact) mass is 219 g/mol. The molecule has 6 nitrogen and oxygen atoms in total. The van der Waals surface area contributed by atoms with Gasteiger partial charge in [0.05, 0.1) is 0 Å². The smallest absolute Gasteiger partial charge is 0.278 e. The molecule has 16 heavy (non-hydrogen) atoms. The van der Waals surface area contributed by atoms with Crippen LogP contribution in [0, 0.1) is 0 Å². The van der Waals surface area contributed by atoms with Gasteiger partial charge in [-0.3, -0.25) is 0 Å². The maximum atomic E-state index is 5.10. The predicted octanol–water partition coefficient (Wildman–Crippen LogP) is 1.69. The Morgan fingerprint density at radius 2 is 2.06 bits per heavy atom. The molecule has 0 spiro atoms. The summed E-state index contributed by atoms with van der Waals surface area (Å²) < 4.78 is 5.10. The highest BCUT2D eigenvalue weighted by Crippen LogP contribution is 2.17. The first-order valence-electron chi connectivity index (χ1n) is 5.06. The first-order valence-corrected chi connectivity index (χ1v) is 5.06. The van der Waals surface area contributed by atoms with Gasteiger partial charge in [-0.05, 0) is 12.1 Å². The normalized spacial score (nSPS) is 10.8. The van der Waals surface area contributed by atoms with E-state index in [2.05, 4.69) is 25.7 Å². The van der Waals surface area contributed by atoms with Crippen LogP contribution in [0.15, 0.2) is 16.7 Å². The van der Waals surface area contributed by atoms with Crippen LogP contribution in [0.4, 0.5) is 5.82 Å². The molecule has 0 unspecified atom stereocenters. The van der Waals surface area contributed by atoms with Gasteiger partial charge in [-0.25, -0.2) is 0 Å². The molecule has 0 aliphatic heterocycles. The second-order valence-corrected chi connectivity index (χ2v) is 3.67. The quantitative estimate of drug-likeness (QED) is 0.846. The summed E-state index contributed by atoms with van der Waals surface area (Å²) in [5.41, 5.74) is 0.582. The summed E-state index contributed by atoms with van der Waals surface area (Å²) in [5, 5.41) is 14.7. The predicted molar refractivity (Wildman–Crippen MR) is 59.0 cm³/mol. The molecular weight excluding hydrogens is 206 g/mol. The van der Waals surface area contributed by atoms with Crippen molar-refractivity contribution in [2.75, 3.05) is 12.4 Å². The van der Waals surface area contributed by atoms with Crippen molar-refractivity contribution in [3.05, 3.63) is 18.0 Å². The molecule has 84 valence electrons. The maximum absolute atomic E-state index is 5.10. The number of hydrogen-bond donors (Lipinski definition) is 1. The lowest BCUT2D eigenvalue weighted by Crippen LogP contribution is -1.95. The SMILES string of the molecule is CNc1ccc(-c2nc(C(C)C)no2)nn1. The molecule has 0 atom stereocenters. The highest BCUT2D eigenvalue weighted by atomic mass is 16.5. The summed E-state index contributed by atoms with van der Waals surface area (Å²) in [6, 6.07) is 3.60. The van der Waals surface area contributed by atoms with Gasteiger partial charge in [0, 0.05) is 13.0 Å². The molecule has 0 radical (unpaired) electrons. The van der Waals surface area contributed by atoms with Gasteiger partial charge >= 0.3 is 0 Å². The summed E-state index contributed by atoms with van der Waals surface area (Å²) in [6.45, 7) is 4.01. The summed E-state index contributed by atoms with van der Waals surface area (Å²) in [5.74, 6) is 2.02. The van der Waals surface area contributed by atoms with Gasteiger partial charge in [0.2, 0.25) is 0 Å². The lowest BCUT2D eigenvalue weighted by molar-refractivity contribution is 0.417. The number of nitrogens with zero attached hydrogens (tertiary/aromatic N) is 4. The van der Waals surface area contributed by atoms with Crippen LogP contribution in [0.2, 0.25) is 0 Å². The second-order valence-electron chi connectivity index (χ2n) is 3.67. The topological polar surface area (TPSA) is 76.7 Å². The van der Waals surface area contributed by atoms with Crippen molar-refractivity contribution in [3.8, 4) is 11.6 Å². The van der Waals surface area contributed by atoms with Crippen molar-refractivity contribution in [2.45, 2.75) is 19.8 Å². The van der Waals surface area contributed by atoms with Crippen LogP contribution in [0.1, 0.15) is 25.6 Å². The first kappa shape index (κ1) is 10.5. The zero-order valence-electron chi connectivity index (χ0n) is 9.43. The van der Waals surface area contributed by atoms with E-state index in [1.807, 2.05) is 19.9 Å². The minimum atomic E-state index is 0.238. The van der Waals surface area contributed by atoms with Crippen molar-refractivity contribution in [3.63, 3.8) is 0 Å². The summed E-state index contributed by atoms with van der Waals surface area (Å²) in [7, 11) is 1.78. The van der Waals surface area contributed by atoms with Gasteiger partial charge < -0.3 is 9.84 Å². The zero-order chi connectivity index (χ0) is 11.5. The summed E-state index contributed by atoms with van der Waals surface area (Å²) in [4.78, 5) is 4.23. The van der Waals surface area contributed by atoms with E-state index in [0.29, 0.717) is 23.2 Å². The minimum Gasteiger partial charge on any atom is -0.372 e. The van der Waals surface area contributed by atoms with Crippen molar-refractivity contribution in [1.29, 1.82) is 0 Å². The lowest BCUT2D eigenvalue weighted by atomic mass is 10.2. The molecule has 0 bridgehead atoms. The van der Waals surface area contributed by atoms with E-state index in [9.17, 15) is 0 Å². The average molecular weight is 219 g/mol. The molecule has 1 N–H and O–H groups in total. The van der Waals surface area contributed by atoms with E-state index in [1.54, 1.807) is 13.1 Å². The van der Waals surface area contributed by atoms with E-state index in [4.69, 9.17) is 4.52 Å². The average Bonchev–Trinajstić information content (AvgIpc) is 2.78. The van der Waals surface area contributed by atoms with Gasteiger partial charge in [-0.2, -0.15) is 4.98 Å². The van der Waals surface area contributed by atoms with Crippen molar-refractivity contribution in [1.82, 2.24) is 20.3 Å². The highest BCUT2D eigenvalue weighted by Gasteiger charge is 2.12. The van der Waals surface area contributed by atoms with E-state index >= 15 is 0 Å². The van der Waals surface area contributed by atoms with E-state index in [1.165, 1.54) is 0 Å². The Hall–Kier alpha value is -1.98. The third kappa shape index (κ3) is 2.00. The van der Waals surface area contributed by atoms with E-state index in [-0.39, 0.29) is 5.92 Å². The Morgan fingerprint density at radius 1 is 1.25 bits per heavy atom. The summed E-state index contributed by atoms with van der Waals surface area (Å²) in [6.07, 6.45) is 0. The molecule has 6 heteroatoms. The van der Waals surface area contributed by atoms with Crippen LogP contribution >= 0.6 is 0 Å². The zero-order valence-corrected chi connectivity index (χ0v) is 9.43. The third-order valence-corrected chi connectivity index (χ3v) is 2.10. The fraction of sp³-hybridized carbons (Fsp3) is 0.400. The highest BCUT2D eigenvalue weighted by molar-refractivity contribution is 5.48. The van der Waals surface area contributed by atoms with Gasteiger partial charge in [-0.15, -0.1) is 10.2 Å². The van der Waals surface area contributed by atoms with Crippen LogP contribution in [-0.2, 0) is 0 Å². The van der Waals surface area contributed by atoms with E-state index in [0.717, 1.165) is 0 Å². The van der Waals surface area contributed by atoms with Gasteiger partial charge in [0.25, 0.3) is 5.89 Å². The largest absolute Gasteiger partial charge is 0.372 e. The van der Waals surface area contributed by atoms with Crippen LogP contribution in [0.25, 0.3) is 11.6 Å². The Kier molecular flexibility index (Phi) is 2.80. The summed E-state index contributed by atoms with van der Waals surface area (Å²) >= 11 is 0. The fourth-order valence-corrected chi connectivity index (χ4v) is 1.15. The Labute approximate surface area is 93.1 Å². The fourth-order valence-electron chi connectivity index (χ4n) is 1.15. The molecule has 0 amide bonds. The van der Waals surface area contributed by atoms with Crippen LogP contribution < -0.4 is 5.32 Å². The number of anilines is 1. The minimum absolute atomic E-state index is 0.238. The molecule has 2 heterocycles. The van der Waals surface area contributed by atoms with E-state index < -0.39 is 0 Å². The number of nitrogens with one attached hydrogen (secondary N) is 1. The standard InChI is InChI=1S/C10H13N5O/c1-6(2)9-12-10(16-15-9)7-4-5-8(11-3)14-13-7/h4-6H,1-3H3,(H,11,14). The van der Waals surface area contributed by atoms with Gasteiger partial charge in [-0.1, -0.05) is 19.0 Å². The van der Waals surface area contributed by atoms with Gasteiger partial charge in [0.15, 0.2) is 11.5 Å². The van der Waals surface area contributed by atoms with Crippen molar-refractivity contribution in [2.24, 2.45) is 0 Å². The molecule has 2 rings (SSSR count). The number of aromatic nitrogens is 4. The molecule has 0 fully saturated rings. The molecule has 2 aromatic rings. The number of rotatable bonds is 3. The number of hydrogen-bond acceptors (Lipinski definition) is 6. The Balaban J connectivity index is 2.28. The maximum Gasteiger partial charge on any atom is 0.278 e. The molecule has 0 saturated carbocycles. The van der Waals surface area contributed by atoms with Crippen LogP contribution in [-0.4, -0.2) is 27.4 Å². The Bertz CT molecular complexity index is 462. The molecular formula is C10H13N5O. The Morgan fingerprint density at radius 3 is 2.56 bits per heavy atom. The van der Waals surface area contributed by atoms with Crippen molar-refractivity contribution < 1.29 is 4.52 Å². The van der Waals surface area contributed by atoms with Gasteiger partial charge in [0.1, 0.15) is 5.82 Å².